The molecule has 1 amide bonds. The Balaban J connectivity index is 2.42. The van der Waals surface area contributed by atoms with E-state index >= 15 is 0 Å². The first-order chi connectivity index (χ1) is 9.93. The first-order valence-electron chi connectivity index (χ1n) is 5.62. The number of nitriles is 1. The molecular formula is C12H8ClN5O3. The molecule has 2 rings (SSSR count). The number of benzene rings is 1. The first kappa shape index (κ1) is 14.5. The van der Waals surface area contributed by atoms with Crippen LogP contribution < -0.4 is 5.32 Å². The van der Waals surface area contributed by atoms with Gasteiger partial charge in [-0.05, 0) is 6.07 Å². The molecule has 0 bridgehead atoms. The Morgan fingerprint density at radius 1 is 1.57 bits per heavy atom. The van der Waals surface area contributed by atoms with Gasteiger partial charge in [0.2, 0.25) is 0 Å². The first-order valence-corrected chi connectivity index (χ1v) is 6.00. The van der Waals surface area contributed by atoms with E-state index in [-0.39, 0.29) is 22.0 Å². The molecular weight excluding hydrogens is 298 g/mol. The molecule has 0 unspecified atom stereocenters. The highest BCUT2D eigenvalue weighted by molar-refractivity contribution is 6.35. The van der Waals surface area contributed by atoms with E-state index in [0.717, 1.165) is 0 Å². The molecule has 0 saturated carbocycles. The quantitative estimate of drug-likeness (QED) is 0.689. The second kappa shape index (κ2) is 5.60. The number of nitro benzene ring substituents is 1. The number of anilines is 1. The Morgan fingerprint density at radius 2 is 2.29 bits per heavy atom. The topological polar surface area (TPSA) is 114 Å². The van der Waals surface area contributed by atoms with E-state index in [4.69, 9.17) is 16.9 Å². The maximum Gasteiger partial charge on any atom is 0.283 e. The summed E-state index contributed by atoms with van der Waals surface area (Å²) in [6.07, 6.45) is 1.41. The Morgan fingerprint density at radius 3 is 2.90 bits per heavy atom. The molecule has 8 nitrogen and oxygen atoms in total. The number of nitro groups is 1. The van der Waals surface area contributed by atoms with Gasteiger partial charge in [0.1, 0.15) is 17.2 Å². The fourth-order valence-electron chi connectivity index (χ4n) is 1.72. The van der Waals surface area contributed by atoms with E-state index in [1.807, 2.05) is 6.07 Å². The molecule has 0 radical (unpaired) electrons. The lowest BCUT2D eigenvalue weighted by Gasteiger charge is -2.05. The molecule has 2 aromatic rings. The van der Waals surface area contributed by atoms with Crippen LogP contribution >= 0.6 is 11.6 Å². The van der Waals surface area contributed by atoms with Gasteiger partial charge in [-0.3, -0.25) is 19.6 Å². The van der Waals surface area contributed by atoms with Gasteiger partial charge in [0.15, 0.2) is 5.82 Å². The molecule has 1 aromatic heterocycles. The highest BCUT2D eigenvalue weighted by atomic mass is 35.5. The average molecular weight is 306 g/mol. The van der Waals surface area contributed by atoms with Crippen molar-refractivity contribution in [3.8, 4) is 6.07 Å². The SMILES string of the molecule is Cn1cc(C#N)c(NC(=O)c2c(Cl)cccc2[N+](=O)[O-])n1. The molecule has 1 aromatic carbocycles. The predicted molar refractivity (Wildman–Crippen MR) is 74.0 cm³/mol. The minimum absolute atomic E-state index is 0.0132. The van der Waals surface area contributed by atoms with Crippen molar-refractivity contribution in [1.29, 1.82) is 5.26 Å². The van der Waals surface area contributed by atoms with Gasteiger partial charge >= 0.3 is 0 Å². The maximum absolute atomic E-state index is 12.2. The number of nitrogens with one attached hydrogen (secondary N) is 1. The van der Waals surface area contributed by atoms with E-state index in [2.05, 4.69) is 10.4 Å². The fraction of sp³-hybridized carbons (Fsp3) is 0.0833. The number of hydrogen-bond donors (Lipinski definition) is 1. The van der Waals surface area contributed by atoms with Crippen LogP contribution in [0.3, 0.4) is 0 Å². The van der Waals surface area contributed by atoms with Gasteiger partial charge < -0.3 is 5.32 Å². The largest absolute Gasteiger partial charge is 0.304 e. The van der Waals surface area contributed by atoms with Crippen LogP contribution in [0.5, 0.6) is 0 Å². The number of carbonyl (C=O) groups is 1. The molecule has 106 valence electrons. The summed E-state index contributed by atoms with van der Waals surface area (Å²) >= 11 is 5.86. The van der Waals surface area contributed by atoms with Gasteiger partial charge in [0.25, 0.3) is 11.6 Å². The van der Waals surface area contributed by atoms with Gasteiger partial charge in [-0.15, -0.1) is 0 Å². The molecule has 1 N–H and O–H groups in total. The van der Waals surface area contributed by atoms with Crippen LogP contribution in [0.1, 0.15) is 15.9 Å². The van der Waals surface area contributed by atoms with Gasteiger partial charge in [-0.25, -0.2) is 0 Å². The van der Waals surface area contributed by atoms with Crippen molar-refractivity contribution >= 4 is 29.0 Å². The third-order valence-corrected chi connectivity index (χ3v) is 2.91. The Bertz CT molecular complexity index is 778. The standard InChI is InChI=1S/C12H8ClN5O3/c1-17-6-7(5-14)11(16-17)15-12(19)10-8(13)3-2-4-9(10)18(20)21/h2-4,6H,1H3,(H,15,16,19). The summed E-state index contributed by atoms with van der Waals surface area (Å²) in [6, 6.07) is 5.77. The second-order valence-electron chi connectivity index (χ2n) is 4.02. The summed E-state index contributed by atoms with van der Waals surface area (Å²) < 4.78 is 1.34. The molecule has 0 spiro atoms. The van der Waals surface area contributed by atoms with Crippen LogP contribution in [0.25, 0.3) is 0 Å². The molecule has 0 atom stereocenters. The zero-order valence-electron chi connectivity index (χ0n) is 10.7. The highest BCUT2D eigenvalue weighted by Crippen LogP contribution is 2.27. The zero-order valence-corrected chi connectivity index (χ0v) is 11.5. The summed E-state index contributed by atoms with van der Waals surface area (Å²) in [4.78, 5) is 22.4. The number of amides is 1. The molecule has 21 heavy (non-hydrogen) atoms. The smallest absolute Gasteiger partial charge is 0.283 e. The van der Waals surface area contributed by atoms with Crippen LogP contribution in [0, 0.1) is 21.4 Å². The summed E-state index contributed by atoms with van der Waals surface area (Å²) in [5, 5.41) is 26.1. The zero-order chi connectivity index (χ0) is 15.6. The van der Waals surface area contributed by atoms with Crippen molar-refractivity contribution in [2.24, 2.45) is 7.05 Å². The molecule has 0 saturated heterocycles. The molecule has 0 fully saturated rings. The Kier molecular flexibility index (Phi) is 3.86. The Labute approximate surface area is 123 Å². The molecule has 0 aliphatic carbocycles. The fourth-order valence-corrected chi connectivity index (χ4v) is 1.98. The third kappa shape index (κ3) is 2.82. The number of aromatic nitrogens is 2. The van der Waals surface area contributed by atoms with Crippen molar-refractivity contribution < 1.29 is 9.72 Å². The minimum atomic E-state index is -0.803. The lowest BCUT2D eigenvalue weighted by molar-refractivity contribution is -0.385. The Hall–Kier alpha value is -2.92. The number of nitrogens with zero attached hydrogens (tertiary/aromatic N) is 4. The van der Waals surface area contributed by atoms with Crippen molar-refractivity contribution in [3.05, 3.63) is 50.7 Å². The number of carbonyl (C=O) groups excluding carboxylic acids is 1. The van der Waals surface area contributed by atoms with Crippen molar-refractivity contribution in [2.45, 2.75) is 0 Å². The van der Waals surface area contributed by atoms with E-state index in [0.29, 0.717) is 0 Å². The van der Waals surface area contributed by atoms with E-state index in [1.54, 1.807) is 7.05 Å². The molecule has 0 aliphatic rings. The van der Waals surface area contributed by atoms with Gasteiger partial charge in [-0.1, -0.05) is 17.7 Å². The van der Waals surface area contributed by atoms with Crippen LogP contribution in [-0.4, -0.2) is 20.6 Å². The van der Waals surface area contributed by atoms with Crippen LogP contribution in [0.15, 0.2) is 24.4 Å². The van der Waals surface area contributed by atoms with E-state index in [9.17, 15) is 14.9 Å². The summed E-state index contributed by atoms with van der Waals surface area (Å²) in [7, 11) is 1.58. The van der Waals surface area contributed by atoms with Crippen LogP contribution in [0.2, 0.25) is 5.02 Å². The maximum atomic E-state index is 12.2. The van der Waals surface area contributed by atoms with Crippen LogP contribution in [-0.2, 0) is 7.05 Å². The van der Waals surface area contributed by atoms with E-state index in [1.165, 1.54) is 29.1 Å². The average Bonchev–Trinajstić information content (AvgIpc) is 2.78. The number of halogens is 1. The molecule has 0 aliphatic heterocycles. The van der Waals surface area contributed by atoms with Gasteiger partial charge in [0, 0.05) is 19.3 Å². The van der Waals surface area contributed by atoms with Crippen molar-refractivity contribution in [3.63, 3.8) is 0 Å². The highest BCUT2D eigenvalue weighted by Gasteiger charge is 2.24. The monoisotopic (exact) mass is 305 g/mol. The lowest BCUT2D eigenvalue weighted by Crippen LogP contribution is -2.15. The normalized spacial score (nSPS) is 9.95. The van der Waals surface area contributed by atoms with Crippen LogP contribution in [0.4, 0.5) is 11.5 Å². The second-order valence-corrected chi connectivity index (χ2v) is 4.43. The minimum Gasteiger partial charge on any atom is -0.304 e. The van der Waals surface area contributed by atoms with Crippen molar-refractivity contribution in [1.82, 2.24) is 9.78 Å². The molecule has 1 heterocycles. The van der Waals surface area contributed by atoms with Gasteiger partial charge in [0.05, 0.1) is 9.95 Å². The summed E-state index contributed by atoms with van der Waals surface area (Å²) in [6.45, 7) is 0. The third-order valence-electron chi connectivity index (χ3n) is 2.60. The number of aryl methyl sites for hydroxylation is 1. The molecule has 9 heteroatoms. The summed E-state index contributed by atoms with van der Waals surface area (Å²) in [5.41, 5.74) is -0.561. The number of hydrogen-bond acceptors (Lipinski definition) is 5. The predicted octanol–water partition coefficient (Wildman–Crippen LogP) is 2.11. The summed E-state index contributed by atoms with van der Waals surface area (Å²) in [5.74, 6) is -0.790. The lowest BCUT2D eigenvalue weighted by atomic mass is 10.1. The number of rotatable bonds is 3. The van der Waals surface area contributed by atoms with E-state index < -0.39 is 16.5 Å². The van der Waals surface area contributed by atoms with Gasteiger partial charge in [-0.2, -0.15) is 10.4 Å². The van der Waals surface area contributed by atoms with Crippen molar-refractivity contribution in [2.75, 3.05) is 5.32 Å².